The highest BCUT2D eigenvalue weighted by atomic mass is 16.8. The summed E-state index contributed by atoms with van der Waals surface area (Å²) in [6, 6.07) is 46.5. The van der Waals surface area contributed by atoms with Crippen LogP contribution in [0.1, 0.15) is 41.7 Å². The molecule has 16 heteroatoms. The van der Waals surface area contributed by atoms with Crippen molar-refractivity contribution in [2.45, 2.75) is 139 Å². The van der Waals surface area contributed by atoms with Crippen molar-refractivity contribution in [2.24, 2.45) is 0 Å². The van der Waals surface area contributed by atoms with Crippen LogP contribution in [0.4, 0.5) is 0 Å². The van der Waals surface area contributed by atoms with Crippen LogP contribution >= 0.6 is 0 Å². The van der Waals surface area contributed by atoms with E-state index in [2.05, 4.69) is 5.32 Å². The van der Waals surface area contributed by atoms with E-state index in [0.29, 0.717) is 0 Å². The first-order valence-corrected chi connectivity index (χ1v) is 24.1. The summed E-state index contributed by atoms with van der Waals surface area (Å²) in [5, 5.41) is 48.5. The number of hydrogen-bond acceptors (Lipinski definition) is 15. The first-order valence-electron chi connectivity index (χ1n) is 24.1. The lowest BCUT2D eigenvalue weighted by Gasteiger charge is -2.50. The first kappa shape index (κ1) is 52.3. The van der Waals surface area contributed by atoms with Gasteiger partial charge in [-0.3, -0.25) is 4.79 Å². The van der Waals surface area contributed by atoms with E-state index in [1.165, 1.54) is 6.92 Å². The normalized spacial score (nSPS) is 30.9. The molecular formula is C55H65NO15. The van der Waals surface area contributed by atoms with Crippen LogP contribution in [-0.4, -0.2) is 132 Å². The van der Waals surface area contributed by atoms with Crippen LogP contribution < -0.4 is 5.32 Å². The van der Waals surface area contributed by atoms with E-state index in [9.17, 15) is 25.2 Å². The minimum atomic E-state index is -1.79. The van der Waals surface area contributed by atoms with E-state index in [-0.39, 0.29) is 46.2 Å². The molecule has 3 heterocycles. The lowest BCUT2D eigenvalue weighted by atomic mass is 9.94. The summed E-state index contributed by atoms with van der Waals surface area (Å²) in [7, 11) is 0. The van der Waals surface area contributed by atoms with Crippen molar-refractivity contribution in [3.63, 3.8) is 0 Å². The largest absolute Gasteiger partial charge is 0.387 e. The van der Waals surface area contributed by atoms with Gasteiger partial charge in [0.25, 0.3) is 0 Å². The highest BCUT2D eigenvalue weighted by Gasteiger charge is 2.55. The van der Waals surface area contributed by atoms with E-state index in [0.717, 1.165) is 27.8 Å². The highest BCUT2D eigenvalue weighted by Crippen LogP contribution is 2.36. The number of aliphatic hydroxyl groups excluding tert-OH is 4. The number of benzene rings is 5. The molecule has 5 aromatic rings. The predicted octanol–water partition coefficient (Wildman–Crippen LogP) is 4.72. The molecule has 16 nitrogen and oxygen atoms in total. The third kappa shape index (κ3) is 14.4. The van der Waals surface area contributed by atoms with Gasteiger partial charge in [-0.2, -0.15) is 0 Å². The average molecular weight is 980 g/mol. The maximum absolute atomic E-state index is 13.0. The Hall–Kier alpha value is -4.99. The molecule has 3 aliphatic rings. The number of rotatable bonds is 22. The zero-order chi connectivity index (χ0) is 49.5. The Morgan fingerprint density at radius 3 is 1.37 bits per heavy atom. The van der Waals surface area contributed by atoms with Gasteiger partial charge in [-0.05, 0) is 34.7 Å². The van der Waals surface area contributed by atoms with Crippen LogP contribution in [-0.2, 0) is 85.2 Å². The minimum absolute atomic E-state index is 0.108. The Labute approximate surface area is 414 Å². The third-order valence-electron chi connectivity index (χ3n) is 12.7. The molecule has 1 amide bonds. The molecule has 5 aromatic carbocycles. The molecule has 71 heavy (non-hydrogen) atoms. The second kappa shape index (κ2) is 26.1. The molecule has 3 fully saturated rings. The van der Waals surface area contributed by atoms with Crippen molar-refractivity contribution in [1.82, 2.24) is 5.32 Å². The first-order chi connectivity index (χ1) is 34.6. The average Bonchev–Trinajstić information content (AvgIpc) is 3.39. The molecule has 0 bridgehead atoms. The highest BCUT2D eigenvalue weighted by molar-refractivity contribution is 5.73. The van der Waals surface area contributed by atoms with Gasteiger partial charge in [-0.15, -0.1) is 0 Å². The Morgan fingerprint density at radius 1 is 0.465 bits per heavy atom. The van der Waals surface area contributed by atoms with E-state index < -0.39 is 98.0 Å². The van der Waals surface area contributed by atoms with Crippen LogP contribution in [0.15, 0.2) is 152 Å². The second-order valence-corrected chi connectivity index (χ2v) is 18.0. The van der Waals surface area contributed by atoms with Gasteiger partial charge in [-0.1, -0.05) is 152 Å². The maximum Gasteiger partial charge on any atom is 0.217 e. The lowest BCUT2D eigenvalue weighted by molar-refractivity contribution is -0.377. The quantitative estimate of drug-likeness (QED) is 0.0638. The number of aliphatic hydroxyl groups is 4. The van der Waals surface area contributed by atoms with Crippen LogP contribution in [0.5, 0.6) is 0 Å². The van der Waals surface area contributed by atoms with E-state index >= 15 is 0 Å². The topological polar surface area (TPSA) is 202 Å². The van der Waals surface area contributed by atoms with Crippen molar-refractivity contribution in [2.75, 3.05) is 13.2 Å². The number of hydrogen-bond donors (Lipinski definition) is 5. The smallest absolute Gasteiger partial charge is 0.217 e. The van der Waals surface area contributed by atoms with Gasteiger partial charge in [0.05, 0.1) is 52.4 Å². The molecule has 0 spiro atoms. The fourth-order valence-electron chi connectivity index (χ4n) is 8.96. The zero-order valence-electron chi connectivity index (χ0n) is 39.8. The minimum Gasteiger partial charge on any atom is -0.387 e. The summed E-state index contributed by atoms with van der Waals surface area (Å²) in [4.78, 5) is 13.0. The third-order valence-corrected chi connectivity index (χ3v) is 12.7. The maximum atomic E-state index is 13.0. The lowest BCUT2D eigenvalue weighted by Crippen LogP contribution is -2.69. The fourth-order valence-corrected chi connectivity index (χ4v) is 8.96. The van der Waals surface area contributed by atoms with E-state index in [1.807, 2.05) is 159 Å². The summed E-state index contributed by atoms with van der Waals surface area (Å²) in [6.45, 7) is 3.63. The number of ether oxygens (including phenoxy) is 10. The molecular weight excluding hydrogens is 915 g/mol. The standard InChI is InChI=1S/C55H65NO15/c1-35-48(64-30-39-22-12-5-13-23-39)51(65-31-40-24-14-6-15-25-40)52(66-32-41-26-16-7-17-27-41)55(67-35)71-50-44(56-36(2)57)53(61)68-43(34-63-29-38-20-10-4-11-21-38)49(50)70-54-47(60)46(59)45(58)42(69-54)33-62-28-37-18-8-3-9-19-37/h3-27,35,42-55,58-61H,28-34H2,1-2H3,(H,56,57)/t35-,42+,43+,44+,45-,46-,47+,48+,49+,50+,51+,52-,53-,54-,55-/m0/s1. The van der Waals surface area contributed by atoms with Crippen molar-refractivity contribution < 1.29 is 72.6 Å². The van der Waals surface area contributed by atoms with Gasteiger partial charge >= 0.3 is 0 Å². The fraction of sp³-hybridized carbons (Fsp3) is 0.436. The van der Waals surface area contributed by atoms with Gasteiger partial charge in [0.15, 0.2) is 18.9 Å². The van der Waals surface area contributed by atoms with Crippen molar-refractivity contribution in [3.05, 3.63) is 179 Å². The number of carbonyl (C=O) groups is 1. The Bertz CT molecular complexity index is 2300. The van der Waals surface area contributed by atoms with E-state index in [1.54, 1.807) is 0 Å². The summed E-state index contributed by atoms with van der Waals surface area (Å²) in [5.41, 5.74) is 4.43. The molecule has 8 rings (SSSR count). The summed E-state index contributed by atoms with van der Waals surface area (Å²) >= 11 is 0. The molecule has 15 atom stereocenters. The molecule has 0 radical (unpaired) electrons. The number of amides is 1. The molecule has 380 valence electrons. The Kier molecular flexibility index (Phi) is 19.2. The SMILES string of the molecule is CC(=O)N[C@@H]1[C@@H](O[C@@H]2O[C@@H](C)[C@@H](OCc3ccccc3)[C@@H](OCc3ccccc3)[C@@H]2OCc2ccccc2)[C@H](O[C@@H]2O[C@H](COCc3ccccc3)[C@H](O)[C@H](O)[C@H]2O)[C@@H](COCc2ccccc2)O[C@@H]1O. The zero-order valence-corrected chi connectivity index (χ0v) is 39.8. The molecule has 0 aliphatic carbocycles. The Balaban J connectivity index is 1.13. The Morgan fingerprint density at radius 2 is 0.887 bits per heavy atom. The van der Waals surface area contributed by atoms with Crippen LogP contribution in [0, 0.1) is 0 Å². The molecule has 3 aliphatic heterocycles. The molecule has 0 saturated carbocycles. The van der Waals surface area contributed by atoms with Crippen molar-refractivity contribution >= 4 is 5.91 Å². The summed E-state index contributed by atoms with van der Waals surface area (Å²) < 4.78 is 65.4. The summed E-state index contributed by atoms with van der Waals surface area (Å²) in [5.74, 6) is -0.528. The van der Waals surface area contributed by atoms with Gasteiger partial charge in [0.1, 0.15) is 67.1 Å². The molecule has 0 unspecified atom stereocenters. The van der Waals surface area contributed by atoms with Crippen molar-refractivity contribution in [1.29, 1.82) is 0 Å². The second-order valence-electron chi connectivity index (χ2n) is 18.0. The van der Waals surface area contributed by atoms with Crippen LogP contribution in [0.3, 0.4) is 0 Å². The van der Waals surface area contributed by atoms with Gasteiger partial charge in [0, 0.05) is 6.92 Å². The van der Waals surface area contributed by atoms with Crippen molar-refractivity contribution in [3.8, 4) is 0 Å². The molecule has 3 saturated heterocycles. The van der Waals surface area contributed by atoms with Gasteiger partial charge in [0.2, 0.25) is 5.91 Å². The van der Waals surface area contributed by atoms with Crippen LogP contribution in [0.25, 0.3) is 0 Å². The molecule has 0 aromatic heterocycles. The summed E-state index contributed by atoms with van der Waals surface area (Å²) in [6.07, 6.45) is -18.0. The van der Waals surface area contributed by atoms with E-state index in [4.69, 9.17) is 47.4 Å². The molecule has 5 N–H and O–H groups in total. The van der Waals surface area contributed by atoms with Gasteiger partial charge < -0.3 is 73.1 Å². The van der Waals surface area contributed by atoms with Gasteiger partial charge in [-0.25, -0.2) is 0 Å². The monoisotopic (exact) mass is 979 g/mol. The van der Waals surface area contributed by atoms with Crippen LogP contribution in [0.2, 0.25) is 0 Å². The predicted molar refractivity (Wildman–Crippen MR) is 256 cm³/mol. The number of carbonyl (C=O) groups excluding carboxylic acids is 1. The number of nitrogens with one attached hydrogen (secondary N) is 1.